The van der Waals surface area contributed by atoms with Gasteiger partial charge in [0, 0.05) is 5.56 Å². The summed E-state index contributed by atoms with van der Waals surface area (Å²) in [4.78, 5) is 4.78. The van der Waals surface area contributed by atoms with Crippen LogP contribution in [0.2, 0.25) is 0 Å². The van der Waals surface area contributed by atoms with Crippen molar-refractivity contribution in [2.45, 2.75) is 44.5 Å². The number of hydrogen-bond acceptors (Lipinski definition) is 4. The van der Waals surface area contributed by atoms with E-state index in [9.17, 15) is 5.26 Å². The lowest BCUT2D eigenvalue weighted by atomic mass is 10.0. The molecule has 4 rings (SSSR count). The van der Waals surface area contributed by atoms with E-state index in [1.165, 1.54) is 30.4 Å². The summed E-state index contributed by atoms with van der Waals surface area (Å²) in [6.07, 6.45) is 3.71. The van der Waals surface area contributed by atoms with E-state index in [4.69, 9.17) is 9.73 Å². The van der Waals surface area contributed by atoms with Crippen molar-refractivity contribution in [3.8, 4) is 11.8 Å². The molecule has 1 unspecified atom stereocenters. The molecule has 3 nitrogen and oxygen atoms in total. The molecular weight excluding hydrogens is 340 g/mol. The number of aliphatic imine (C=N–C) groups is 1. The van der Waals surface area contributed by atoms with E-state index in [-0.39, 0.29) is 6.10 Å². The molecule has 0 bridgehead atoms. The van der Waals surface area contributed by atoms with Crippen LogP contribution in [0.3, 0.4) is 0 Å². The standard InChI is InChI=1S/C22H22N2OS/c1-14(2)25-20-10-9-16(11-17(20)12-23)22-24-13-21(26-22)19-8-4-6-15-5-3-7-18(15)19/h4,6,8-11,14,21H,3,5,7,13H2,1-2H3. The summed E-state index contributed by atoms with van der Waals surface area (Å²) >= 11 is 1.82. The molecule has 2 aromatic carbocycles. The van der Waals surface area contributed by atoms with Crippen molar-refractivity contribution in [2.24, 2.45) is 4.99 Å². The average Bonchev–Trinajstić information content (AvgIpc) is 3.30. The molecule has 2 aromatic rings. The summed E-state index contributed by atoms with van der Waals surface area (Å²) in [7, 11) is 0. The zero-order chi connectivity index (χ0) is 18.1. The summed E-state index contributed by atoms with van der Waals surface area (Å²) < 4.78 is 5.73. The Bertz CT molecular complexity index is 911. The molecule has 0 spiro atoms. The Kier molecular flexibility index (Phi) is 4.74. The van der Waals surface area contributed by atoms with Crippen molar-refractivity contribution in [3.05, 3.63) is 64.2 Å². The molecule has 0 fully saturated rings. The molecule has 0 amide bonds. The van der Waals surface area contributed by atoms with Crippen LogP contribution in [0.1, 0.15) is 53.3 Å². The number of nitrogens with zero attached hydrogens (tertiary/aromatic N) is 2. The fraction of sp³-hybridized carbons (Fsp3) is 0.364. The van der Waals surface area contributed by atoms with Crippen molar-refractivity contribution < 1.29 is 4.74 Å². The van der Waals surface area contributed by atoms with Crippen LogP contribution < -0.4 is 4.74 Å². The van der Waals surface area contributed by atoms with Gasteiger partial charge in [0.1, 0.15) is 11.8 Å². The van der Waals surface area contributed by atoms with Crippen LogP contribution in [0.4, 0.5) is 0 Å². The van der Waals surface area contributed by atoms with Gasteiger partial charge in [-0.15, -0.1) is 0 Å². The number of rotatable bonds is 4. The first kappa shape index (κ1) is 17.2. The Labute approximate surface area is 159 Å². The topological polar surface area (TPSA) is 45.4 Å². The molecule has 2 aliphatic rings. The van der Waals surface area contributed by atoms with E-state index in [1.807, 2.05) is 43.8 Å². The van der Waals surface area contributed by atoms with Crippen LogP contribution in [0.5, 0.6) is 5.75 Å². The molecule has 132 valence electrons. The van der Waals surface area contributed by atoms with Gasteiger partial charge in [-0.25, -0.2) is 0 Å². The number of nitriles is 1. The molecular formula is C22H22N2OS. The summed E-state index contributed by atoms with van der Waals surface area (Å²) in [5, 5.41) is 10.9. The van der Waals surface area contributed by atoms with Gasteiger partial charge in [0.05, 0.1) is 28.5 Å². The molecule has 1 heterocycles. The van der Waals surface area contributed by atoms with Gasteiger partial charge < -0.3 is 4.74 Å². The highest BCUT2D eigenvalue weighted by Gasteiger charge is 2.27. The number of fused-ring (bicyclic) bond motifs is 1. The van der Waals surface area contributed by atoms with Crippen molar-refractivity contribution in [1.29, 1.82) is 5.26 Å². The van der Waals surface area contributed by atoms with Gasteiger partial charge in [-0.1, -0.05) is 30.0 Å². The highest BCUT2D eigenvalue weighted by Crippen LogP contribution is 2.41. The Hall–Kier alpha value is -2.25. The quantitative estimate of drug-likeness (QED) is 0.763. The van der Waals surface area contributed by atoms with Crippen LogP contribution in [0, 0.1) is 11.3 Å². The van der Waals surface area contributed by atoms with Crippen LogP contribution in [-0.2, 0) is 12.8 Å². The summed E-state index contributed by atoms with van der Waals surface area (Å²) in [6.45, 7) is 4.74. The Balaban J connectivity index is 1.56. The highest BCUT2D eigenvalue weighted by molar-refractivity contribution is 8.14. The van der Waals surface area contributed by atoms with Gasteiger partial charge in [-0.2, -0.15) is 5.26 Å². The summed E-state index contributed by atoms with van der Waals surface area (Å²) in [5.74, 6) is 0.646. The van der Waals surface area contributed by atoms with E-state index in [0.717, 1.165) is 17.2 Å². The van der Waals surface area contributed by atoms with Gasteiger partial charge in [0.25, 0.3) is 0 Å². The number of aryl methyl sites for hydroxylation is 1. The number of ether oxygens (including phenoxy) is 1. The van der Waals surface area contributed by atoms with Crippen LogP contribution in [0.15, 0.2) is 41.4 Å². The molecule has 1 aliphatic carbocycles. The second-order valence-corrected chi connectivity index (χ2v) is 8.27. The summed E-state index contributed by atoms with van der Waals surface area (Å²) in [6, 6.07) is 14.8. The number of hydrogen-bond donors (Lipinski definition) is 0. The normalized spacial score (nSPS) is 18.5. The lowest BCUT2D eigenvalue weighted by molar-refractivity contribution is 0.241. The Morgan fingerprint density at radius 3 is 2.92 bits per heavy atom. The predicted octanol–water partition coefficient (Wildman–Crippen LogP) is 5.07. The van der Waals surface area contributed by atoms with E-state index in [1.54, 1.807) is 5.56 Å². The lowest BCUT2D eigenvalue weighted by Gasteiger charge is -2.14. The number of benzene rings is 2. The maximum atomic E-state index is 9.46. The zero-order valence-electron chi connectivity index (χ0n) is 15.2. The minimum atomic E-state index is 0.0516. The summed E-state index contributed by atoms with van der Waals surface area (Å²) in [5.41, 5.74) is 6.09. The molecule has 0 saturated heterocycles. The molecule has 0 aromatic heterocycles. The molecule has 4 heteroatoms. The third kappa shape index (κ3) is 3.24. The van der Waals surface area contributed by atoms with Gasteiger partial charge in [0.15, 0.2) is 0 Å². The molecule has 26 heavy (non-hydrogen) atoms. The SMILES string of the molecule is CC(C)Oc1ccc(C2=NCC(c3cccc4c3CCC4)S2)cc1C#N. The first-order chi connectivity index (χ1) is 12.7. The number of thioether (sulfide) groups is 1. The van der Waals surface area contributed by atoms with Gasteiger partial charge in [-0.05, 0) is 68.0 Å². The predicted molar refractivity (Wildman–Crippen MR) is 107 cm³/mol. The van der Waals surface area contributed by atoms with Crippen LogP contribution in [-0.4, -0.2) is 17.7 Å². The van der Waals surface area contributed by atoms with Crippen LogP contribution in [0.25, 0.3) is 0 Å². The second-order valence-electron chi connectivity index (χ2n) is 7.08. The second kappa shape index (κ2) is 7.17. The fourth-order valence-corrected chi connectivity index (χ4v) is 4.93. The Morgan fingerprint density at radius 1 is 1.23 bits per heavy atom. The molecule has 1 aliphatic heterocycles. The monoisotopic (exact) mass is 362 g/mol. The smallest absolute Gasteiger partial charge is 0.137 e. The van der Waals surface area contributed by atoms with E-state index in [2.05, 4.69) is 24.3 Å². The van der Waals surface area contributed by atoms with E-state index in [0.29, 0.717) is 16.6 Å². The highest BCUT2D eigenvalue weighted by atomic mass is 32.2. The average molecular weight is 362 g/mol. The molecule has 0 saturated carbocycles. The third-order valence-electron chi connectivity index (χ3n) is 4.89. The van der Waals surface area contributed by atoms with E-state index >= 15 is 0 Å². The first-order valence-corrected chi connectivity index (χ1v) is 10.1. The Morgan fingerprint density at radius 2 is 2.12 bits per heavy atom. The maximum Gasteiger partial charge on any atom is 0.137 e. The molecule has 0 N–H and O–H groups in total. The van der Waals surface area contributed by atoms with Crippen molar-refractivity contribution in [2.75, 3.05) is 6.54 Å². The van der Waals surface area contributed by atoms with Crippen molar-refractivity contribution in [3.63, 3.8) is 0 Å². The van der Waals surface area contributed by atoms with Gasteiger partial charge in [0.2, 0.25) is 0 Å². The first-order valence-electron chi connectivity index (χ1n) is 9.18. The molecule has 1 atom stereocenters. The lowest BCUT2D eigenvalue weighted by Crippen LogP contribution is -2.07. The molecule has 0 radical (unpaired) electrons. The minimum Gasteiger partial charge on any atom is -0.490 e. The fourth-order valence-electron chi connectivity index (χ4n) is 3.75. The largest absolute Gasteiger partial charge is 0.490 e. The van der Waals surface area contributed by atoms with E-state index < -0.39 is 0 Å². The zero-order valence-corrected chi connectivity index (χ0v) is 16.0. The minimum absolute atomic E-state index is 0.0516. The van der Waals surface area contributed by atoms with Crippen LogP contribution >= 0.6 is 11.8 Å². The van der Waals surface area contributed by atoms with Crippen molar-refractivity contribution in [1.82, 2.24) is 0 Å². The van der Waals surface area contributed by atoms with Gasteiger partial charge in [-0.3, -0.25) is 4.99 Å². The van der Waals surface area contributed by atoms with Gasteiger partial charge >= 0.3 is 0 Å². The van der Waals surface area contributed by atoms with Crippen molar-refractivity contribution >= 4 is 16.8 Å². The maximum absolute atomic E-state index is 9.46. The third-order valence-corrected chi connectivity index (χ3v) is 6.17.